The zero-order valence-electron chi connectivity index (χ0n) is 15.7. The average molecular weight is 411 g/mol. The molecule has 0 heterocycles. The van der Waals surface area contributed by atoms with Gasteiger partial charge in [-0.25, -0.2) is 8.42 Å². The molecular formula is C19H23ClN2O4S. The molecule has 1 atom stereocenters. The quantitative estimate of drug-likeness (QED) is 0.760. The topological polar surface area (TPSA) is 75.7 Å². The summed E-state index contributed by atoms with van der Waals surface area (Å²) in [7, 11) is -2.12. The van der Waals surface area contributed by atoms with Crippen molar-refractivity contribution in [3.63, 3.8) is 0 Å². The van der Waals surface area contributed by atoms with Crippen molar-refractivity contribution in [2.24, 2.45) is 0 Å². The lowest BCUT2D eigenvalue weighted by Gasteiger charge is -2.29. The number of hydrogen-bond acceptors (Lipinski definition) is 4. The van der Waals surface area contributed by atoms with E-state index in [4.69, 9.17) is 16.3 Å². The largest absolute Gasteiger partial charge is 0.497 e. The van der Waals surface area contributed by atoms with Crippen LogP contribution in [0.1, 0.15) is 18.1 Å². The Labute approximate surface area is 165 Å². The van der Waals surface area contributed by atoms with E-state index in [1.807, 2.05) is 12.1 Å². The van der Waals surface area contributed by atoms with E-state index in [9.17, 15) is 13.2 Å². The highest BCUT2D eigenvalue weighted by molar-refractivity contribution is 7.92. The van der Waals surface area contributed by atoms with Gasteiger partial charge in [0.05, 0.1) is 19.1 Å². The lowest BCUT2D eigenvalue weighted by Crippen LogP contribution is -2.48. The van der Waals surface area contributed by atoms with Gasteiger partial charge in [0.2, 0.25) is 15.9 Å². The Kier molecular flexibility index (Phi) is 6.73. The van der Waals surface area contributed by atoms with Gasteiger partial charge in [0.15, 0.2) is 0 Å². The van der Waals surface area contributed by atoms with Crippen LogP contribution in [0.3, 0.4) is 0 Å². The molecule has 1 amide bonds. The van der Waals surface area contributed by atoms with Crippen molar-refractivity contribution in [2.75, 3.05) is 17.7 Å². The second-order valence-corrected chi connectivity index (χ2v) is 8.53. The molecule has 0 fully saturated rings. The van der Waals surface area contributed by atoms with Crippen molar-refractivity contribution in [2.45, 2.75) is 26.4 Å². The van der Waals surface area contributed by atoms with E-state index in [0.29, 0.717) is 16.3 Å². The minimum Gasteiger partial charge on any atom is -0.497 e. The van der Waals surface area contributed by atoms with Crippen LogP contribution in [-0.2, 0) is 21.4 Å². The number of aryl methyl sites for hydroxylation is 1. The number of anilines is 1. The van der Waals surface area contributed by atoms with Crippen LogP contribution in [0.4, 0.5) is 5.69 Å². The Morgan fingerprint density at radius 3 is 2.41 bits per heavy atom. The number of hydrogen-bond donors (Lipinski definition) is 1. The number of nitrogens with zero attached hydrogens (tertiary/aromatic N) is 1. The van der Waals surface area contributed by atoms with Gasteiger partial charge in [-0.1, -0.05) is 29.8 Å². The van der Waals surface area contributed by atoms with Gasteiger partial charge in [-0.2, -0.15) is 0 Å². The molecule has 2 rings (SSSR count). The second kappa shape index (κ2) is 8.63. The first-order valence-electron chi connectivity index (χ1n) is 8.29. The summed E-state index contributed by atoms with van der Waals surface area (Å²) in [5.41, 5.74) is 1.97. The summed E-state index contributed by atoms with van der Waals surface area (Å²) >= 11 is 6.03. The third kappa shape index (κ3) is 5.37. The van der Waals surface area contributed by atoms with Crippen molar-refractivity contribution in [1.29, 1.82) is 0 Å². The van der Waals surface area contributed by atoms with Gasteiger partial charge in [0, 0.05) is 11.6 Å². The fourth-order valence-corrected chi connectivity index (χ4v) is 4.07. The number of amides is 1. The fraction of sp³-hybridized carbons (Fsp3) is 0.316. The van der Waals surface area contributed by atoms with E-state index in [1.54, 1.807) is 51.3 Å². The number of carbonyl (C=O) groups excluding carboxylic acids is 1. The van der Waals surface area contributed by atoms with Crippen LogP contribution in [-0.4, -0.2) is 33.7 Å². The predicted molar refractivity (Wildman–Crippen MR) is 108 cm³/mol. The van der Waals surface area contributed by atoms with Crippen molar-refractivity contribution in [1.82, 2.24) is 5.32 Å². The number of sulfonamides is 1. The maximum absolute atomic E-state index is 12.6. The average Bonchev–Trinajstić information content (AvgIpc) is 2.62. The molecule has 0 spiro atoms. The summed E-state index contributed by atoms with van der Waals surface area (Å²) in [4.78, 5) is 12.6. The summed E-state index contributed by atoms with van der Waals surface area (Å²) in [5.74, 6) is 0.314. The SMILES string of the molecule is COc1ccc(CNC(=O)[C@@H](C)N(c2cc(Cl)ccc2C)S(C)(=O)=O)cc1. The molecule has 146 valence electrons. The molecule has 8 heteroatoms. The molecule has 0 saturated carbocycles. The monoisotopic (exact) mass is 410 g/mol. The van der Waals surface area contributed by atoms with Crippen LogP contribution in [0.5, 0.6) is 5.75 Å². The van der Waals surface area contributed by atoms with E-state index in [2.05, 4.69) is 5.32 Å². The summed E-state index contributed by atoms with van der Waals surface area (Å²) in [6.45, 7) is 3.59. The Morgan fingerprint density at radius 1 is 1.22 bits per heavy atom. The minimum absolute atomic E-state index is 0.277. The molecule has 0 aromatic heterocycles. The summed E-state index contributed by atoms with van der Waals surface area (Å²) < 4.78 is 30.9. The fourth-order valence-electron chi connectivity index (χ4n) is 2.68. The third-order valence-electron chi connectivity index (χ3n) is 4.12. The molecule has 0 aliphatic carbocycles. The lowest BCUT2D eigenvalue weighted by molar-refractivity contribution is -0.122. The third-order valence-corrected chi connectivity index (χ3v) is 5.59. The highest BCUT2D eigenvalue weighted by atomic mass is 35.5. The van der Waals surface area contributed by atoms with E-state index < -0.39 is 22.0 Å². The molecular weight excluding hydrogens is 388 g/mol. The first kappa shape index (κ1) is 21.1. The van der Waals surface area contributed by atoms with Gasteiger partial charge in [0.1, 0.15) is 11.8 Å². The molecule has 27 heavy (non-hydrogen) atoms. The molecule has 0 bridgehead atoms. The zero-order chi connectivity index (χ0) is 20.2. The van der Waals surface area contributed by atoms with E-state index in [1.165, 1.54) is 0 Å². The minimum atomic E-state index is -3.70. The highest BCUT2D eigenvalue weighted by Gasteiger charge is 2.30. The van der Waals surface area contributed by atoms with E-state index in [-0.39, 0.29) is 6.54 Å². The standard InChI is InChI=1S/C19H23ClN2O4S/c1-13-5-8-16(20)11-18(13)22(27(4,24)25)14(2)19(23)21-12-15-6-9-17(26-3)10-7-15/h5-11,14H,12H2,1-4H3,(H,21,23)/t14-/m1/s1. The Bertz CT molecular complexity index is 914. The van der Waals surface area contributed by atoms with Crippen LogP contribution in [0, 0.1) is 6.92 Å². The normalized spacial score (nSPS) is 12.3. The maximum atomic E-state index is 12.6. The van der Waals surface area contributed by atoms with E-state index in [0.717, 1.165) is 21.9 Å². The number of carbonyl (C=O) groups is 1. The molecule has 1 N–H and O–H groups in total. The summed E-state index contributed by atoms with van der Waals surface area (Å²) in [6.07, 6.45) is 1.07. The van der Waals surface area contributed by atoms with Gasteiger partial charge in [-0.05, 0) is 49.2 Å². The van der Waals surface area contributed by atoms with Crippen molar-refractivity contribution >= 4 is 33.2 Å². The number of ether oxygens (including phenoxy) is 1. The van der Waals surface area contributed by atoms with Crippen LogP contribution >= 0.6 is 11.6 Å². The van der Waals surface area contributed by atoms with Crippen molar-refractivity contribution in [3.05, 3.63) is 58.6 Å². The van der Waals surface area contributed by atoms with Crippen molar-refractivity contribution in [3.8, 4) is 5.75 Å². The molecule has 0 aliphatic rings. The molecule has 2 aromatic carbocycles. The zero-order valence-corrected chi connectivity index (χ0v) is 17.3. The second-order valence-electron chi connectivity index (χ2n) is 6.23. The number of rotatable bonds is 7. The lowest BCUT2D eigenvalue weighted by atomic mass is 10.1. The Hall–Kier alpha value is -2.25. The smallest absolute Gasteiger partial charge is 0.243 e. The molecule has 0 aliphatic heterocycles. The van der Waals surface area contributed by atoms with Gasteiger partial charge in [0.25, 0.3) is 0 Å². The van der Waals surface area contributed by atoms with Crippen LogP contribution < -0.4 is 14.4 Å². The first-order valence-corrected chi connectivity index (χ1v) is 10.5. The Balaban J connectivity index is 2.20. The summed E-state index contributed by atoms with van der Waals surface area (Å²) in [6, 6.07) is 11.3. The van der Waals surface area contributed by atoms with Gasteiger partial charge < -0.3 is 10.1 Å². The molecule has 0 radical (unpaired) electrons. The number of nitrogens with one attached hydrogen (secondary N) is 1. The molecule has 2 aromatic rings. The first-order chi connectivity index (χ1) is 12.6. The summed E-state index contributed by atoms with van der Waals surface area (Å²) in [5, 5.41) is 3.17. The van der Waals surface area contributed by atoms with Gasteiger partial charge >= 0.3 is 0 Å². The molecule has 0 saturated heterocycles. The number of methoxy groups -OCH3 is 1. The highest BCUT2D eigenvalue weighted by Crippen LogP contribution is 2.28. The van der Waals surface area contributed by atoms with Crippen LogP contribution in [0.15, 0.2) is 42.5 Å². The predicted octanol–water partition coefficient (Wildman–Crippen LogP) is 3.13. The number of halogens is 1. The molecule has 0 unspecified atom stereocenters. The van der Waals surface area contributed by atoms with Crippen LogP contribution in [0.25, 0.3) is 0 Å². The van der Waals surface area contributed by atoms with Gasteiger partial charge in [-0.15, -0.1) is 0 Å². The van der Waals surface area contributed by atoms with Crippen LogP contribution in [0.2, 0.25) is 5.02 Å². The Morgan fingerprint density at radius 2 is 1.85 bits per heavy atom. The van der Waals surface area contributed by atoms with Crippen molar-refractivity contribution < 1.29 is 17.9 Å². The van der Waals surface area contributed by atoms with Gasteiger partial charge in [-0.3, -0.25) is 9.10 Å². The molecule has 6 nitrogen and oxygen atoms in total. The van der Waals surface area contributed by atoms with E-state index >= 15 is 0 Å². The number of benzene rings is 2. The maximum Gasteiger partial charge on any atom is 0.243 e.